The molecule has 0 saturated carbocycles. The van der Waals surface area contributed by atoms with E-state index in [2.05, 4.69) is 14.8 Å². The predicted octanol–water partition coefficient (Wildman–Crippen LogP) is 5.64. The van der Waals surface area contributed by atoms with E-state index in [-0.39, 0.29) is 12.6 Å². The van der Waals surface area contributed by atoms with Crippen LogP contribution in [0, 0.1) is 6.92 Å². The molecule has 13 heteroatoms. The highest BCUT2D eigenvalue weighted by atomic mass is 19.4. The highest BCUT2D eigenvalue weighted by Crippen LogP contribution is 2.50. The van der Waals surface area contributed by atoms with Crippen molar-refractivity contribution in [2.45, 2.75) is 50.9 Å². The molecule has 3 aromatic rings. The minimum absolute atomic E-state index is 0.152. The Morgan fingerprint density at radius 3 is 2.18 bits per heavy atom. The van der Waals surface area contributed by atoms with Crippen molar-refractivity contribution in [1.82, 2.24) is 14.8 Å². The van der Waals surface area contributed by atoms with Gasteiger partial charge < -0.3 is 14.6 Å². The van der Waals surface area contributed by atoms with E-state index in [0.717, 1.165) is 28.8 Å². The van der Waals surface area contributed by atoms with Gasteiger partial charge in [-0.05, 0) is 53.8 Å². The van der Waals surface area contributed by atoms with Crippen LogP contribution in [0.5, 0.6) is 0 Å². The zero-order valence-corrected chi connectivity index (χ0v) is 24.9. The molecular formula is C32H35F6N3O4. The molecule has 2 aromatic carbocycles. The van der Waals surface area contributed by atoms with Crippen LogP contribution in [0.3, 0.4) is 0 Å². The molecule has 0 aliphatic carbocycles. The summed E-state index contributed by atoms with van der Waals surface area (Å²) in [5, 5.41) is 9.68. The summed E-state index contributed by atoms with van der Waals surface area (Å²) in [5.41, 5.74) is -2.58. The third-order valence-corrected chi connectivity index (χ3v) is 7.79. The quantitative estimate of drug-likeness (QED) is 0.166. The maximum Gasteiger partial charge on any atom is 0.430 e. The lowest BCUT2D eigenvalue weighted by Gasteiger charge is -2.40. The van der Waals surface area contributed by atoms with Gasteiger partial charge in [0.15, 0.2) is 0 Å². The minimum Gasteiger partial charge on any atom is -0.462 e. The summed E-state index contributed by atoms with van der Waals surface area (Å²) in [5.74, 6) is -0.341. The van der Waals surface area contributed by atoms with E-state index >= 15 is 0 Å². The van der Waals surface area contributed by atoms with Crippen LogP contribution in [0.2, 0.25) is 0 Å². The largest absolute Gasteiger partial charge is 0.462 e. The van der Waals surface area contributed by atoms with Gasteiger partial charge in [0.1, 0.15) is 12.6 Å². The monoisotopic (exact) mass is 639 g/mol. The lowest BCUT2D eigenvalue weighted by molar-refractivity contribution is -0.376. The van der Waals surface area contributed by atoms with Gasteiger partial charge in [-0.15, -0.1) is 0 Å². The number of aromatic nitrogens is 1. The number of carbonyl (C=O) groups excluding carboxylic acids is 1. The van der Waals surface area contributed by atoms with Crippen LogP contribution in [-0.4, -0.2) is 83.7 Å². The summed E-state index contributed by atoms with van der Waals surface area (Å²) in [6.45, 7) is 7.40. The lowest BCUT2D eigenvalue weighted by Crippen LogP contribution is -2.56. The third kappa shape index (κ3) is 8.01. The van der Waals surface area contributed by atoms with Gasteiger partial charge in [0, 0.05) is 57.3 Å². The fourth-order valence-corrected chi connectivity index (χ4v) is 5.38. The second kappa shape index (κ2) is 14.3. The molecule has 1 aliphatic heterocycles. The van der Waals surface area contributed by atoms with Crippen LogP contribution in [0.4, 0.5) is 26.3 Å². The van der Waals surface area contributed by atoms with Gasteiger partial charge in [0.05, 0.1) is 6.61 Å². The third-order valence-electron chi connectivity index (χ3n) is 7.79. The molecule has 1 saturated heterocycles. The molecule has 7 nitrogen and oxygen atoms in total. The number of nitrogens with zero attached hydrogens (tertiary/aromatic N) is 3. The highest BCUT2D eigenvalue weighted by molar-refractivity contribution is 5.76. The Morgan fingerprint density at radius 1 is 0.911 bits per heavy atom. The van der Waals surface area contributed by atoms with Crippen LogP contribution in [0.1, 0.15) is 29.2 Å². The van der Waals surface area contributed by atoms with Gasteiger partial charge in [-0.25, -0.2) is 0 Å². The molecule has 0 radical (unpaired) electrons. The molecule has 0 amide bonds. The summed E-state index contributed by atoms with van der Waals surface area (Å²) in [4.78, 5) is 21.4. The van der Waals surface area contributed by atoms with Crippen molar-refractivity contribution in [3.8, 4) is 11.1 Å². The molecule has 2 heterocycles. The number of ether oxygens (including phenoxy) is 2. The number of esters is 1. The fourth-order valence-electron chi connectivity index (χ4n) is 5.38. The van der Waals surface area contributed by atoms with Crippen LogP contribution < -0.4 is 0 Å². The number of aliphatic hydroxyl groups is 1. The average molecular weight is 640 g/mol. The van der Waals surface area contributed by atoms with Crippen LogP contribution in [0.25, 0.3) is 11.1 Å². The first kappa shape index (κ1) is 34.4. The Hall–Kier alpha value is -3.52. The van der Waals surface area contributed by atoms with Crippen LogP contribution in [-0.2, 0) is 33.0 Å². The first-order valence-electron chi connectivity index (χ1n) is 14.4. The predicted molar refractivity (Wildman–Crippen MR) is 154 cm³/mol. The molecule has 1 aliphatic rings. The Labute approximate surface area is 257 Å². The number of carbonyl (C=O) groups is 1. The SMILES string of the molecule is CCOCCOC(=O)[C@H]1CN(Cc2ccc(-c3ccc(C(O)(C(F)(F)F)C(F)(F)F)cc3)c(C)c2)CCN1Cc1ccncc1. The second-order valence-corrected chi connectivity index (χ2v) is 10.9. The number of alkyl halides is 6. The number of pyridine rings is 1. The fraction of sp³-hybridized carbons (Fsp3) is 0.438. The molecule has 1 fully saturated rings. The zero-order chi connectivity index (χ0) is 32.8. The van der Waals surface area contributed by atoms with Gasteiger partial charge in [-0.3, -0.25) is 19.6 Å². The van der Waals surface area contributed by atoms with Crippen molar-refractivity contribution < 1.29 is 45.7 Å². The molecule has 244 valence electrons. The Kier molecular flexibility index (Phi) is 10.9. The van der Waals surface area contributed by atoms with Gasteiger partial charge in [-0.1, -0.05) is 42.5 Å². The molecule has 1 N–H and O–H groups in total. The first-order valence-corrected chi connectivity index (χ1v) is 14.4. The molecule has 45 heavy (non-hydrogen) atoms. The highest BCUT2D eigenvalue weighted by Gasteiger charge is 2.71. The van der Waals surface area contributed by atoms with E-state index in [1.807, 2.05) is 31.2 Å². The molecule has 0 unspecified atom stereocenters. The summed E-state index contributed by atoms with van der Waals surface area (Å²) < 4.78 is 90.4. The molecule has 1 atom stereocenters. The van der Waals surface area contributed by atoms with Crippen molar-refractivity contribution in [3.05, 3.63) is 89.2 Å². The molecular weight excluding hydrogens is 604 g/mol. The van der Waals surface area contributed by atoms with Crippen molar-refractivity contribution in [2.75, 3.05) is 39.5 Å². The molecule has 1 aromatic heterocycles. The minimum atomic E-state index is -5.95. The number of aryl methyl sites for hydroxylation is 1. The van der Waals surface area contributed by atoms with E-state index in [9.17, 15) is 36.2 Å². The second-order valence-electron chi connectivity index (χ2n) is 10.9. The lowest BCUT2D eigenvalue weighted by atomic mass is 9.90. The van der Waals surface area contributed by atoms with Crippen LogP contribution in [0.15, 0.2) is 67.0 Å². The Bertz CT molecular complexity index is 1400. The summed E-state index contributed by atoms with van der Waals surface area (Å²) >= 11 is 0. The Morgan fingerprint density at radius 2 is 1.58 bits per heavy atom. The summed E-state index contributed by atoms with van der Waals surface area (Å²) in [7, 11) is 0. The number of benzene rings is 2. The maximum atomic E-state index is 13.3. The normalized spacial score (nSPS) is 17.0. The van der Waals surface area contributed by atoms with Crippen molar-refractivity contribution >= 4 is 5.97 Å². The summed E-state index contributed by atoms with van der Waals surface area (Å²) in [6.07, 6.45) is -8.50. The van der Waals surface area contributed by atoms with E-state index in [4.69, 9.17) is 9.47 Å². The van der Waals surface area contributed by atoms with Crippen molar-refractivity contribution in [1.29, 1.82) is 0 Å². The van der Waals surface area contributed by atoms with Crippen molar-refractivity contribution in [3.63, 3.8) is 0 Å². The summed E-state index contributed by atoms with van der Waals surface area (Å²) in [6, 6.07) is 12.3. The first-order chi connectivity index (χ1) is 21.2. The maximum absolute atomic E-state index is 13.3. The van der Waals surface area contributed by atoms with Gasteiger partial charge in [0.2, 0.25) is 0 Å². The molecule has 4 rings (SSSR count). The smallest absolute Gasteiger partial charge is 0.430 e. The number of halogens is 6. The molecule has 0 bridgehead atoms. The molecule has 0 spiro atoms. The van der Waals surface area contributed by atoms with Gasteiger partial charge in [-0.2, -0.15) is 26.3 Å². The number of hydrogen-bond donors (Lipinski definition) is 1. The standard InChI is InChI=1S/C32H35F6N3O4/c1-3-44-16-17-45-29(42)28-21-40(14-15-41(28)20-23-10-12-39-13-11-23)19-24-4-9-27(22(2)18-24)25-5-7-26(8-6-25)30(43,31(33,34)35)32(36,37)38/h4-13,18,28,43H,3,14-17,19-21H2,1-2H3/t28-/m1/s1. The van der Waals surface area contributed by atoms with Crippen LogP contribution >= 0.6 is 0 Å². The zero-order valence-electron chi connectivity index (χ0n) is 24.9. The van der Waals surface area contributed by atoms with Gasteiger partial charge >= 0.3 is 18.3 Å². The number of rotatable bonds is 11. The van der Waals surface area contributed by atoms with E-state index < -0.39 is 29.6 Å². The topological polar surface area (TPSA) is 75.1 Å². The number of hydrogen-bond acceptors (Lipinski definition) is 7. The van der Waals surface area contributed by atoms with E-state index in [1.165, 1.54) is 0 Å². The van der Waals surface area contributed by atoms with E-state index in [0.29, 0.717) is 69.2 Å². The van der Waals surface area contributed by atoms with E-state index in [1.54, 1.807) is 25.4 Å². The average Bonchev–Trinajstić information content (AvgIpc) is 2.99. The number of piperazine rings is 1. The van der Waals surface area contributed by atoms with Gasteiger partial charge in [0.25, 0.3) is 5.60 Å². The Balaban J connectivity index is 1.47. The van der Waals surface area contributed by atoms with Crippen molar-refractivity contribution in [2.24, 2.45) is 0 Å².